The zero-order valence-corrected chi connectivity index (χ0v) is 21.7. The lowest BCUT2D eigenvalue weighted by Crippen LogP contribution is -2.20. The second-order valence-corrected chi connectivity index (χ2v) is 9.80. The van der Waals surface area contributed by atoms with Crippen LogP contribution in [0.1, 0.15) is 32.4 Å². The SMILES string of the molecule is O=C(O[C@H](C(=O)c1c[nH]c2ccccc12)c1ccccc1)c1cc(-c2ccc(Br)cc2)nc2ccccc12. The van der Waals surface area contributed by atoms with Crippen LogP contribution in [0.5, 0.6) is 0 Å². The van der Waals surface area contributed by atoms with E-state index in [-0.39, 0.29) is 5.78 Å². The van der Waals surface area contributed by atoms with E-state index >= 15 is 0 Å². The van der Waals surface area contributed by atoms with Gasteiger partial charge in [-0.3, -0.25) is 4.79 Å². The van der Waals surface area contributed by atoms with E-state index in [4.69, 9.17) is 9.72 Å². The molecule has 5 nitrogen and oxygen atoms in total. The molecule has 0 saturated carbocycles. The highest BCUT2D eigenvalue weighted by molar-refractivity contribution is 9.10. The summed E-state index contributed by atoms with van der Waals surface area (Å²) in [5.41, 5.74) is 4.43. The highest BCUT2D eigenvalue weighted by Crippen LogP contribution is 2.31. The van der Waals surface area contributed by atoms with Crippen LogP contribution in [0.4, 0.5) is 0 Å². The molecule has 184 valence electrons. The number of H-pyrrole nitrogens is 1. The number of hydrogen-bond acceptors (Lipinski definition) is 4. The number of pyridine rings is 1. The first-order valence-electron chi connectivity index (χ1n) is 12.1. The van der Waals surface area contributed by atoms with Crippen LogP contribution < -0.4 is 0 Å². The number of rotatable bonds is 6. The van der Waals surface area contributed by atoms with E-state index in [0.29, 0.717) is 33.3 Å². The zero-order chi connectivity index (χ0) is 26.1. The van der Waals surface area contributed by atoms with Crippen molar-refractivity contribution < 1.29 is 14.3 Å². The molecule has 4 aromatic carbocycles. The molecule has 0 spiro atoms. The van der Waals surface area contributed by atoms with Gasteiger partial charge in [-0.2, -0.15) is 0 Å². The Kier molecular flexibility index (Phi) is 6.32. The van der Waals surface area contributed by atoms with Gasteiger partial charge in [0.2, 0.25) is 5.78 Å². The van der Waals surface area contributed by atoms with E-state index in [2.05, 4.69) is 20.9 Å². The monoisotopic (exact) mass is 560 g/mol. The summed E-state index contributed by atoms with van der Waals surface area (Å²) in [6.07, 6.45) is 0.551. The van der Waals surface area contributed by atoms with Crippen molar-refractivity contribution in [3.05, 3.63) is 137 Å². The first-order valence-corrected chi connectivity index (χ1v) is 12.9. The Balaban J connectivity index is 1.43. The number of ketones is 1. The molecule has 1 N–H and O–H groups in total. The Hall–Kier alpha value is -4.55. The number of aromatic nitrogens is 2. The number of carbonyl (C=O) groups is 2. The van der Waals surface area contributed by atoms with Crippen LogP contribution in [0.3, 0.4) is 0 Å². The van der Waals surface area contributed by atoms with Gasteiger partial charge in [0.15, 0.2) is 6.10 Å². The number of ether oxygens (including phenoxy) is 1. The van der Waals surface area contributed by atoms with Crippen LogP contribution in [0, 0.1) is 0 Å². The van der Waals surface area contributed by atoms with Gasteiger partial charge in [-0.15, -0.1) is 0 Å². The van der Waals surface area contributed by atoms with Crippen LogP contribution in [-0.4, -0.2) is 21.7 Å². The summed E-state index contributed by atoms with van der Waals surface area (Å²) in [5.74, 6) is -0.891. The highest BCUT2D eigenvalue weighted by atomic mass is 79.9. The summed E-state index contributed by atoms with van der Waals surface area (Å²) >= 11 is 3.46. The van der Waals surface area contributed by atoms with Gasteiger partial charge in [-0.25, -0.2) is 9.78 Å². The number of carbonyl (C=O) groups excluding carboxylic acids is 2. The minimum absolute atomic E-state index is 0.298. The fourth-order valence-electron chi connectivity index (χ4n) is 4.60. The van der Waals surface area contributed by atoms with E-state index < -0.39 is 12.1 Å². The van der Waals surface area contributed by atoms with Crippen LogP contribution >= 0.6 is 15.9 Å². The predicted molar refractivity (Wildman–Crippen MR) is 152 cm³/mol. The molecule has 0 aliphatic carbocycles. The predicted octanol–water partition coefficient (Wildman–Crippen LogP) is 7.93. The molecule has 6 rings (SSSR count). The maximum absolute atomic E-state index is 13.9. The molecule has 0 aliphatic rings. The minimum atomic E-state index is -1.12. The smallest absolute Gasteiger partial charge is 0.339 e. The average Bonchev–Trinajstić information content (AvgIpc) is 3.40. The summed E-state index contributed by atoms with van der Waals surface area (Å²) in [4.78, 5) is 35.6. The van der Waals surface area contributed by atoms with Crippen molar-refractivity contribution in [2.75, 3.05) is 0 Å². The maximum atomic E-state index is 13.9. The summed E-state index contributed by atoms with van der Waals surface area (Å²) < 4.78 is 6.98. The Morgan fingerprint density at radius 2 is 1.45 bits per heavy atom. The lowest BCUT2D eigenvalue weighted by molar-refractivity contribution is 0.0282. The van der Waals surface area contributed by atoms with Gasteiger partial charge in [0.25, 0.3) is 0 Å². The van der Waals surface area contributed by atoms with E-state index in [1.54, 1.807) is 24.4 Å². The first kappa shape index (κ1) is 23.8. The molecule has 2 aromatic heterocycles. The molecule has 38 heavy (non-hydrogen) atoms. The molecule has 0 saturated heterocycles. The Bertz CT molecular complexity index is 1790. The third kappa shape index (κ3) is 4.51. The average molecular weight is 561 g/mol. The maximum Gasteiger partial charge on any atom is 0.339 e. The third-order valence-electron chi connectivity index (χ3n) is 6.50. The summed E-state index contributed by atoms with van der Waals surface area (Å²) in [5, 5.41) is 1.44. The second-order valence-electron chi connectivity index (χ2n) is 8.89. The molecule has 2 heterocycles. The highest BCUT2D eigenvalue weighted by Gasteiger charge is 2.29. The molecule has 6 heteroatoms. The van der Waals surface area contributed by atoms with Crippen molar-refractivity contribution >= 4 is 49.5 Å². The summed E-state index contributed by atoms with van der Waals surface area (Å²) in [7, 11) is 0. The number of esters is 1. The van der Waals surface area contributed by atoms with Crippen molar-refractivity contribution in [2.24, 2.45) is 0 Å². The van der Waals surface area contributed by atoms with Gasteiger partial charge in [-0.1, -0.05) is 94.8 Å². The van der Waals surface area contributed by atoms with Gasteiger partial charge >= 0.3 is 5.97 Å². The van der Waals surface area contributed by atoms with Gasteiger partial charge in [-0.05, 0) is 30.3 Å². The standard InChI is InChI=1S/C32H21BrN2O3/c33-22-16-14-20(15-17-22)29-18-25(23-10-5-7-13-28(23)35-29)32(37)38-31(21-8-2-1-3-9-21)30(36)26-19-34-27-12-6-4-11-24(26)27/h1-19,31,34H/t31-/m0/s1. The van der Waals surface area contributed by atoms with E-state index in [1.807, 2.05) is 91.0 Å². The fraction of sp³-hybridized carbons (Fsp3) is 0.0312. The van der Waals surface area contributed by atoms with E-state index in [9.17, 15) is 9.59 Å². The molecule has 0 aliphatic heterocycles. The molecule has 6 aromatic rings. The number of fused-ring (bicyclic) bond motifs is 2. The van der Waals surface area contributed by atoms with Crippen molar-refractivity contribution in [1.82, 2.24) is 9.97 Å². The Labute approximate surface area is 227 Å². The van der Waals surface area contributed by atoms with Crippen molar-refractivity contribution in [1.29, 1.82) is 0 Å². The molecule has 0 amide bonds. The van der Waals surface area contributed by atoms with Crippen molar-refractivity contribution in [2.45, 2.75) is 6.10 Å². The van der Waals surface area contributed by atoms with Crippen molar-refractivity contribution in [3.63, 3.8) is 0 Å². The number of benzene rings is 4. The molecular weight excluding hydrogens is 540 g/mol. The number of hydrogen-bond donors (Lipinski definition) is 1. The fourth-order valence-corrected chi connectivity index (χ4v) is 4.87. The Morgan fingerprint density at radius 3 is 2.24 bits per heavy atom. The molecule has 1 atom stereocenters. The number of Topliss-reactive ketones (excluding diaryl/α,β-unsaturated/α-hetero) is 1. The van der Waals surface area contributed by atoms with Crippen LogP contribution in [0.25, 0.3) is 33.1 Å². The van der Waals surface area contributed by atoms with Gasteiger partial charge < -0.3 is 9.72 Å². The van der Waals surface area contributed by atoms with Crippen LogP contribution in [-0.2, 0) is 4.74 Å². The lowest BCUT2D eigenvalue weighted by Gasteiger charge is -2.18. The van der Waals surface area contributed by atoms with Gasteiger partial charge in [0.05, 0.1) is 16.8 Å². The second kappa shape index (κ2) is 10.1. The number of aromatic amines is 1. The zero-order valence-electron chi connectivity index (χ0n) is 20.1. The van der Waals surface area contributed by atoms with Gasteiger partial charge in [0.1, 0.15) is 0 Å². The molecule has 0 unspecified atom stereocenters. The number of halogens is 1. The largest absolute Gasteiger partial charge is 0.445 e. The normalized spacial score (nSPS) is 11.9. The molecule has 0 fully saturated rings. The van der Waals surface area contributed by atoms with Gasteiger partial charge in [0, 0.05) is 43.6 Å². The molecule has 0 radical (unpaired) electrons. The van der Waals surface area contributed by atoms with Crippen LogP contribution in [0.15, 0.2) is 120 Å². The summed E-state index contributed by atoms with van der Waals surface area (Å²) in [6.45, 7) is 0. The topological polar surface area (TPSA) is 72.1 Å². The van der Waals surface area contributed by atoms with Crippen LogP contribution in [0.2, 0.25) is 0 Å². The quantitative estimate of drug-likeness (QED) is 0.166. The third-order valence-corrected chi connectivity index (χ3v) is 7.02. The summed E-state index contributed by atoms with van der Waals surface area (Å²) in [6, 6.07) is 33.5. The number of nitrogens with zero attached hydrogens (tertiary/aromatic N) is 1. The lowest BCUT2D eigenvalue weighted by atomic mass is 9.99. The molecular formula is C32H21BrN2O3. The van der Waals surface area contributed by atoms with E-state index in [1.165, 1.54) is 0 Å². The molecule has 0 bridgehead atoms. The Morgan fingerprint density at radius 1 is 0.763 bits per heavy atom. The van der Waals surface area contributed by atoms with E-state index in [0.717, 1.165) is 20.9 Å². The number of nitrogens with one attached hydrogen (secondary N) is 1. The first-order chi connectivity index (χ1) is 18.6. The minimum Gasteiger partial charge on any atom is -0.445 e. The van der Waals surface area contributed by atoms with Crippen molar-refractivity contribution in [3.8, 4) is 11.3 Å². The number of para-hydroxylation sites is 2.